The van der Waals surface area contributed by atoms with Crippen LogP contribution in [0.1, 0.15) is 136 Å². The number of aliphatic hydroxyl groups is 3. The Morgan fingerprint density at radius 1 is 1.00 bits per heavy atom. The molecular formula is C52H73N2O7+. The van der Waals surface area contributed by atoms with E-state index >= 15 is 0 Å². The van der Waals surface area contributed by atoms with Gasteiger partial charge in [0.05, 0.1) is 36.9 Å². The fourth-order valence-corrected chi connectivity index (χ4v) is 15.4. The second-order valence-corrected chi connectivity index (χ2v) is 22.6. The summed E-state index contributed by atoms with van der Waals surface area (Å²) in [6.45, 7) is 21.7. The highest BCUT2D eigenvalue weighted by Crippen LogP contribution is 2.74. The number of fused-ring (bicyclic) bond motifs is 6. The Balaban J connectivity index is 1.15. The Morgan fingerprint density at radius 3 is 2.41 bits per heavy atom. The van der Waals surface area contributed by atoms with Gasteiger partial charge in [0.1, 0.15) is 23.3 Å². The average molecular weight is 838 g/mol. The summed E-state index contributed by atoms with van der Waals surface area (Å²) in [5.41, 5.74) is 7.04. The number of quaternary nitrogens is 1. The van der Waals surface area contributed by atoms with Crippen molar-refractivity contribution in [3.63, 3.8) is 0 Å². The Kier molecular flexibility index (Phi) is 10.8. The number of Topliss-reactive ketones (excluding diaryl/α,β-unsaturated/α-hetero) is 2. The molecule has 1 aromatic rings. The second-order valence-electron chi connectivity index (χ2n) is 22.6. The Bertz CT molecular complexity index is 2110. The Labute approximate surface area is 364 Å². The zero-order valence-electron chi connectivity index (χ0n) is 38.4. The summed E-state index contributed by atoms with van der Waals surface area (Å²) < 4.78 is 11.6. The van der Waals surface area contributed by atoms with Gasteiger partial charge in [-0.2, -0.15) is 0 Å². The van der Waals surface area contributed by atoms with Gasteiger partial charge in [0, 0.05) is 61.5 Å². The molecular weight excluding hydrogens is 765 g/mol. The fourth-order valence-electron chi connectivity index (χ4n) is 15.4. The third-order valence-corrected chi connectivity index (χ3v) is 18.5. The van der Waals surface area contributed by atoms with Crippen molar-refractivity contribution in [2.24, 2.45) is 50.3 Å². The van der Waals surface area contributed by atoms with E-state index in [1.165, 1.54) is 27.2 Å². The highest BCUT2D eigenvalue weighted by molar-refractivity contribution is 6.08. The first-order chi connectivity index (χ1) is 28.8. The van der Waals surface area contributed by atoms with Gasteiger partial charge in [-0.15, -0.1) is 0 Å². The van der Waals surface area contributed by atoms with E-state index in [0.29, 0.717) is 50.4 Å². The first-order valence-electron chi connectivity index (χ1n) is 23.7. The van der Waals surface area contributed by atoms with E-state index in [4.69, 9.17) is 14.5 Å². The highest BCUT2D eigenvalue weighted by atomic mass is 16.6. The summed E-state index contributed by atoms with van der Waals surface area (Å²) in [6, 6.07) is 6.94. The summed E-state index contributed by atoms with van der Waals surface area (Å²) in [7, 11) is 0. The number of rotatable bonds is 11. The first-order valence-corrected chi connectivity index (χ1v) is 23.7. The number of allylic oxidation sites excluding steroid dienone is 1. The van der Waals surface area contributed by atoms with Crippen LogP contribution in [0.3, 0.4) is 0 Å². The number of ketones is 2. The molecule has 0 amide bonds. The maximum Gasteiger partial charge on any atom is 0.160 e. The lowest BCUT2D eigenvalue weighted by atomic mass is 9.34. The molecule has 9 nitrogen and oxygen atoms in total. The number of nitrogens with zero attached hydrogens (tertiary/aromatic N) is 1. The zero-order valence-corrected chi connectivity index (χ0v) is 38.4. The number of ether oxygens (including phenoxy) is 2. The molecule has 12 atom stereocenters. The molecule has 0 radical (unpaired) electrons. The van der Waals surface area contributed by atoms with Crippen molar-refractivity contribution in [2.75, 3.05) is 26.4 Å². The Morgan fingerprint density at radius 2 is 1.72 bits per heavy atom. The third kappa shape index (κ3) is 6.71. The molecule has 0 aromatic heterocycles. The van der Waals surface area contributed by atoms with Crippen molar-refractivity contribution in [3.8, 4) is 0 Å². The molecule has 332 valence electrons. The van der Waals surface area contributed by atoms with Crippen LogP contribution in [0, 0.1) is 52.3 Å². The summed E-state index contributed by atoms with van der Waals surface area (Å²) >= 11 is 0. The minimum absolute atomic E-state index is 0.00260. The molecule has 0 bridgehead atoms. The lowest BCUT2D eigenvalue weighted by molar-refractivity contribution is -0.871. The molecule has 1 aromatic carbocycles. The molecule has 4 aliphatic heterocycles. The predicted molar refractivity (Wildman–Crippen MR) is 236 cm³/mol. The fraction of sp³-hybridized carbons (Fsp3) is 0.712. The van der Waals surface area contributed by atoms with Gasteiger partial charge in [-0.3, -0.25) is 19.5 Å². The van der Waals surface area contributed by atoms with Gasteiger partial charge in [-0.05, 0) is 122 Å². The van der Waals surface area contributed by atoms with E-state index in [2.05, 4.69) is 72.7 Å². The SMILES string of the molecule is Cc1cc(CC2=C(CCO)[NH+](C[C@@H]3C4=C([C@H](C)C[C@@H](O)[C@@H]5OC5(C)C)C(=O)C[C@@]4(C)[C@@]4(C)CC[C@H]5C(C)(C)C(=O)CC[C@]5(C)[C@@H]4[C@@H]3O)C3C=CN=C23)cc(C2CCOCC2)c1. The number of carbonyl (C=O) groups is 2. The van der Waals surface area contributed by atoms with Crippen molar-refractivity contribution < 1.29 is 39.3 Å². The Hall–Kier alpha value is -2.79. The molecule has 61 heavy (non-hydrogen) atoms. The van der Waals surface area contributed by atoms with Gasteiger partial charge in [0.25, 0.3) is 0 Å². The van der Waals surface area contributed by atoms with Gasteiger partial charge >= 0.3 is 0 Å². The summed E-state index contributed by atoms with van der Waals surface area (Å²) in [4.78, 5) is 34.7. The first kappa shape index (κ1) is 43.5. The highest BCUT2D eigenvalue weighted by Gasteiger charge is 2.72. The van der Waals surface area contributed by atoms with Crippen molar-refractivity contribution >= 4 is 17.3 Å². The van der Waals surface area contributed by atoms with E-state index in [1.807, 2.05) is 20.0 Å². The van der Waals surface area contributed by atoms with Crippen LogP contribution in [0.15, 0.2) is 57.9 Å². The van der Waals surface area contributed by atoms with E-state index in [9.17, 15) is 24.9 Å². The van der Waals surface area contributed by atoms with Crippen molar-refractivity contribution in [3.05, 3.63) is 69.6 Å². The lowest BCUT2D eigenvalue weighted by Crippen LogP contribution is -3.14. The normalized spacial score (nSPS) is 39.8. The third-order valence-electron chi connectivity index (χ3n) is 18.5. The van der Waals surface area contributed by atoms with E-state index < -0.39 is 23.0 Å². The minimum atomic E-state index is -0.759. The molecule has 2 saturated heterocycles. The van der Waals surface area contributed by atoms with Crippen molar-refractivity contribution in [1.82, 2.24) is 0 Å². The van der Waals surface area contributed by atoms with Crippen LogP contribution in [-0.4, -0.2) is 88.9 Å². The van der Waals surface area contributed by atoms with E-state index in [1.54, 1.807) is 0 Å². The van der Waals surface area contributed by atoms with Gasteiger partial charge < -0.3 is 24.8 Å². The number of epoxide rings is 1. The number of benzene rings is 1. The smallest absolute Gasteiger partial charge is 0.160 e. The monoisotopic (exact) mass is 838 g/mol. The predicted octanol–water partition coefficient (Wildman–Crippen LogP) is 6.56. The summed E-state index contributed by atoms with van der Waals surface area (Å²) in [5, 5.41) is 35.8. The molecule has 4 heterocycles. The van der Waals surface area contributed by atoms with Gasteiger partial charge in [0.2, 0.25) is 0 Å². The summed E-state index contributed by atoms with van der Waals surface area (Å²) in [5.74, 6) is 0.362. The van der Waals surface area contributed by atoms with Gasteiger partial charge in [0.15, 0.2) is 11.8 Å². The van der Waals surface area contributed by atoms with E-state index in [0.717, 1.165) is 67.9 Å². The van der Waals surface area contributed by atoms with Crippen LogP contribution in [0.2, 0.25) is 0 Å². The molecule has 4 N–H and O–H groups in total. The topological polar surface area (TPSA) is 133 Å². The maximum absolute atomic E-state index is 14.9. The molecule has 5 fully saturated rings. The standard InChI is InChI=1S/C52H72N2O7/c1-29-22-31(25-33(23-29)32-14-20-60-21-15-32)26-34-36(13-19-55)54(37-12-18-53-44(34)37)28-35-43-42(30(2)24-38(56)47-49(5,6)61-47)39(57)27-52(43,9)51(8)17-10-40-48(3,4)41(58)11-16-50(40,7)46(51)45(35)59/h12,18,22-23,25,30,32,35,37-38,40,45-47,55-56,59H,10-11,13-17,19-21,24,26-28H2,1-9H3/p+1/t30-,35-,37?,38-,40+,45-,46+,47+,50+,51+,52-/m1/s1. The van der Waals surface area contributed by atoms with Gasteiger partial charge in [-0.25, -0.2) is 0 Å². The molecule has 0 spiro atoms. The number of aryl methyl sites for hydroxylation is 1. The number of aliphatic imine (C=N–C) groups is 1. The van der Waals surface area contributed by atoms with Crippen molar-refractivity contribution in [1.29, 1.82) is 0 Å². The molecule has 4 aliphatic carbocycles. The lowest BCUT2D eigenvalue weighted by Gasteiger charge is -2.69. The van der Waals surface area contributed by atoms with Crippen LogP contribution >= 0.6 is 0 Å². The average Bonchev–Trinajstić information content (AvgIpc) is 3.44. The van der Waals surface area contributed by atoms with Gasteiger partial charge in [-0.1, -0.05) is 65.3 Å². The second kappa shape index (κ2) is 15.2. The van der Waals surface area contributed by atoms with Crippen LogP contribution < -0.4 is 4.90 Å². The molecule has 9 rings (SSSR count). The number of hydrogen-bond acceptors (Lipinski definition) is 8. The zero-order chi connectivity index (χ0) is 43.6. The number of aliphatic hydroxyl groups excluding tert-OH is 3. The van der Waals surface area contributed by atoms with Crippen LogP contribution in [0.5, 0.6) is 0 Å². The number of nitrogens with one attached hydrogen (secondary N) is 1. The van der Waals surface area contributed by atoms with Crippen LogP contribution in [-0.2, 0) is 25.5 Å². The molecule has 2 unspecified atom stereocenters. The molecule has 9 heteroatoms. The molecule has 8 aliphatic rings. The van der Waals surface area contributed by atoms with Crippen LogP contribution in [0.4, 0.5) is 0 Å². The minimum Gasteiger partial charge on any atom is -0.396 e. The quantitative estimate of drug-likeness (QED) is 0.186. The number of carbonyl (C=O) groups excluding carboxylic acids is 2. The summed E-state index contributed by atoms with van der Waals surface area (Å²) in [6.07, 6.45) is 9.43. The largest absolute Gasteiger partial charge is 0.396 e. The van der Waals surface area contributed by atoms with E-state index in [-0.39, 0.29) is 64.6 Å². The van der Waals surface area contributed by atoms with Crippen LogP contribution in [0.25, 0.3) is 0 Å². The molecule has 3 saturated carbocycles. The maximum atomic E-state index is 14.9. The number of hydrogen-bond donors (Lipinski definition) is 4. The van der Waals surface area contributed by atoms with Crippen molar-refractivity contribution in [2.45, 2.75) is 162 Å².